The Balaban J connectivity index is 1.29. The average Bonchev–Trinajstić information content (AvgIpc) is 1.77. The van der Waals surface area contributed by atoms with Crippen LogP contribution >= 0.6 is 44.8 Å². The van der Waals surface area contributed by atoms with Crippen LogP contribution in [0.4, 0.5) is 0 Å². The van der Waals surface area contributed by atoms with E-state index in [4.69, 9.17) is 51.9 Å². The molecule has 0 spiro atoms. The number of amides is 13. The highest BCUT2D eigenvalue weighted by Gasteiger charge is 2.40. The molecule has 10 atom stereocenters. The summed E-state index contributed by atoms with van der Waals surface area (Å²) in [7, 11) is 1.72. The quantitative estimate of drug-likeness (QED) is 0.0138. The summed E-state index contributed by atoms with van der Waals surface area (Å²) in [6.45, 7) is -0.0439. The van der Waals surface area contributed by atoms with Gasteiger partial charge in [0.25, 0.3) is 0 Å². The zero-order valence-electron chi connectivity index (χ0n) is 59.7. The lowest BCUT2D eigenvalue weighted by Crippen LogP contribution is -2.61. The molecule has 39 heteroatoms. The van der Waals surface area contributed by atoms with Crippen molar-refractivity contribution in [3.8, 4) is 5.75 Å². The van der Waals surface area contributed by atoms with Crippen LogP contribution in [0, 0.1) is 5.92 Å². The number of hydrogen-bond acceptors (Lipinski definition) is 20. The van der Waals surface area contributed by atoms with Crippen molar-refractivity contribution in [3.05, 3.63) is 99.7 Å². The van der Waals surface area contributed by atoms with Crippen LogP contribution in [-0.2, 0) is 86.4 Å². The molecule has 1 aliphatic carbocycles. The monoisotopic (exact) mass is 1590 g/mol. The molecule has 0 radical (unpaired) electrons. The second-order valence-corrected chi connectivity index (χ2v) is 29.9. The number of halogens is 2. The number of phenols is 1. The number of hydrogen-bond donors (Lipinski definition) is 19. The van der Waals surface area contributed by atoms with Gasteiger partial charge in [0.15, 0.2) is 5.96 Å². The van der Waals surface area contributed by atoms with Crippen LogP contribution < -0.4 is 87.2 Å². The van der Waals surface area contributed by atoms with Gasteiger partial charge in [-0.3, -0.25) is 72.1 Å². The molecule has 4 aromatic rings. The second-order valence-electron chi connectivity index (χ2n) is 26.6. The number of aliphatic carboxylic acids is 1. The number of nitrogens with one attached hydrogen (secondary N) is 12. The Morgan fingerprint density at radius 1 is 0.661 bits per heavy atom. The van der Waals surface area contributed by atoms with Crippen LogP contribution in [0.25, 0.3) is 10.9 Å². The standard InChI is InChI=1S/C70H95Cl2N19O16S2/c71-44-11-5-9-39(59(44)72)30-50-66(104)84-46(13-6-26-80-70(76)77)62(100)79-28-24-55(94)82-47(18-20-54(74)93)63(101)86-51(31-40-32-81-45-12-4-3-10-43(40)45)67(105)85-48(19-21-58(97)98)64(102)88-52(61(75)99)35-108-109-36-53(68(106)90-60(69(107)87-50)38-7-1-2-8-38)89-65(103)49(29-37-14-16-42(92)17-15-37)83-56(95)34-91(57(96)22-25-73)41-23-27-78-33-41/h3-5,9-12,14-17,32,38,41,46-53,60,78,81,92H,1-2,6-8,13,18-31,33-36,73H2,(H2,74,93)(H2,75,99)(H,79,100)(H,82,94)(H,83,95)(H,84,104)(H,85,105)(H,86,101)(H,87,107)(H,88,102)(H,89,103)(H,90,106)(H,97,98)(H4,76,77,80)/t41?,46-,47-,48-,49-,50-,51-,52-,53-,60-/m0/s1. The number of benzene rings is 3. The number of aromatic amines is 1. The lowest BCUT2D eigenvalue weighted by atomic mass is 9.95. The van der Waals surface area contributed by atoms with Crippen molar-refractivity contribution in [1.29, 1.82) is 0 Å². The van der Waals surface area contributed by atoms with Crippen LogP contribution in [0.1, 0.15) is 100 Å². The molecule has 109 heavy (non-hydrogen) atoms. The van der Waals surface area contributed by atoms with Gasteiger partial charge in [0, 0.05) is 106 Å². The summed E-state index contributed by atoms with van der Waals surface area (Å²) >= 11 is 13.2. The molecule has 35 nitrogen and oxygen atoms in total. The molecule has 1 aromatic heterocycles. The highest BCUT2D eigenvalue weighted by Crippen LogP contribution is 2.31. The number of aromatic hydroxyl groups is 1. The third-order valence-electron chi connectivity index (χ3n) is 18.5. The van der Waals surface area contributed by atoms with Crippen molar-refractivity contribution in [1.82, 2.24) is 68.4 Å². The van der Waals surface area contributed by atoms with Gasteiger partial charge in [-0.25, -0.2) is 0 Å². The molecule has 24 N–H and O–H groups in total. The number of carboxylic acid groups (broad SMARTS) is 1. The number of phenolic OH excluding ortho intramolecular Hbond substituents is 1. The van der Waals surface area contributed by atoms with Gasteiger partial charge in [-0.2, -0.15) is 0 Å². The molecule has 1 saturated carbocycles. The largest absolute Gasteiger partial charge is 0.508 e. The summed E-state index contributed by atoms with van der Waals surface area (Å²) in [5.41, 5.74) is 30.2. The fourth-order valence-electron chi connectivity index (χ4n) is 12.7. The molecule has 2 aliphatic heterocycles. The number of nitrogens with zero attached hydrogens (tertiary/aromatic N) is 2. The van der Waals surface area contributed by atoms with Gasteiger partial charge in [-0.05, 0) is 98.4 Å². The van der Waals surface area contributed by atoms with Crippen molar-refractivity contribution in [2.75, 3.05) is 50.8 Å². The topological polar surface area (TPSA) is 573 Å². The number of carbonyl (C=O) groups excluding carboxylic acids is 13. The Bertz CT molecular complexity index is 3940. The first-order chi connectivity index (χ1) is 52.1. The number of rotatable bonds is 26. The summed E-state index contributed by atoms with van der Waals surface area (Å²) in [6, 6.07) is 2.55. The van der Waals surface area contributed by atoms with E-state index in [2.05, 4.69) is 68.5 Å². The van der Waals surface area contributed by atoms with E-state index in [1.54, 1.807) is 42.6 Å². The number of para-hydroxylation sites is 1. The smallest absolute Gasteiger partial charge is 0.303 e. The zero-order chi connectivity index (χ0) is 79.3. The van der Waals surface area contributed by atoms with Crippen LogP contribution in [-0.4, -0.2) is 220 Å². The van der Waals surface area contributed by atoms with Gasteiger partial charge in [0.2, 0.25) is 76.8 Å². The highest BCUT2D eigenvalue weighted by atomic mass is 35.5. The maximum Gasteiger partial charge on any atom is 0.303 e. The summed E-state index contributed by atoms with van der Waals surface area (Å²) in [5.74, 6) is -15.1. The third-order valence-corrected chi connectivity index (χ3v) is 21.7. The maximum absolute atomic E-state index is 15.4. The number of aromatic nitrogens is 1. The molecule has 13 amide bonds. The van der Waals surface area contributed by atoms with Crippen LogP contribution in [0.2, 0.25) is 10.0 Å². The number of H-pyrrole nitrogens is 1. The van der Waals surface area contributed by atoms with Gasteiger partial charge in [0.1, 0.15) is 60.1 Å². The lowest BCUT2D eigenvalue weighted by Gasteiger charge is -2.30. The summed E-state index contributed by atoms with van der Waals surface area (Å²) < 4.78 is 0. The number of guanidine groups is 1. The molecule has 592 valence electrons. The predicted molar refractivity (Wildman–Crippen MR) is 407 cm³/mol. The van der Waals surface area contributed by atoms with Crippen molar-refractivity contribution in [3.63, 3.8) is 0 Å². The Kier molecular flexibility index (Phi) is 34.3. The zero-order valence-corrected chi connectivity index (χ0v) is 62.9. The highest BCUT2D eigenvalue weighted by molar-refractivity contribution is 8.76. The van der Waals surface area contributed by atoms with Crippen molar-refractivity contribution >= 4 is 144 Å². The van der Waals surface area contributed by atoms with E-state index >= 15 is 19.2 Å². The number of fused-ring (bicyclic) bond motifs is 1. The summed E-state index contributed by atoms with van der Waals surface area (Å²) in [6.07, 6.45) is 0.246. The van der Waals surface area contributed by atoms with E-state index in [0.717, 1.165) is 21.6 Å². The van der Waals surface area contributed by atoms with Crippen molar-refractivity contribution < 1.29 is 77.3 Å². The average molecular weight is 1590 g/mol. The SMILES string of the molecule is NCCC(=O)N(CC(=O)N[C@@H](Cc1ccc(O)cc1)C(=O)N[C@H]1CSSC[C@@H](C(N)=O)NC(=O)[C@H](CCC(=O)O)NC(=O)[C@H](Cc2c[nH]c3ccccc23)NC(=O)[C@H](CCC(N)=O)NC(=O)CCNC(=O)[C@H](CCCN=C(N)N)NC(=O)[C@H](Cc2cccc(Cl)c2Cl)NC(=O)[C@H](C2CCCC2)NC1=O)C1CCNC1. The second kappa shape index (κ2) is 43.3. The molecule has 1 unspecified atom stereocenters. The minimum atomic E-state index is -1.75. The summed E-state index contributed by atoms with van der Waals surface area (Å²) in [4.78, 5) is 207. The normalized spacial score (nSPS) is 22.5. The van der Waals surface area contributed by atoms with E-state index in [0.29, 0.717) is 67.2 Å². The van der Waals surface area contributed by atoms with Gasteiger partial charge >= 0.3 is 5.97 Å². The van der Waals surface area contributed by atoms with Gasteiger partial charge < -0.3 is 107 Å². The van der Waals surface area contributed by atoms with Gasteiger partial charge in [-0.15, -0.1) is 0 Å². The van der Waals surface area contributed by atoms with Crippen LogP contribution in [0.5, 0.6) is 5.75 Å². The van der Waals surface area contributed by atoms with E-state index < -0.39 is 206 Å². The molecule has 7 rings (SSSR count). The number of carboxylic acids is 1. The van der Waals surface area contributed by atoms with Crippen LogP contribution in [0.3, 0.4) is 0 Å². The number of nitrogens with two attached hydrogens (primary N) is 5. The molecule has 0 bridgehead atoms. The first-order valence-electron chi connectivity index (χ1n) is 35.6. The Labute approximate surface area is 645 Å². The Morgan fingerprint density at radius 2 is 1.29 bits per heavy atom. The fraction of sp³-hybridized carbons (Fsp3) is 0.500. The number of aliphatic imine (C=N–C) groups is 1. The first-order valence-corrected chi connectivity index (χ1v) is 38.9. The van der Waals surface area contributed by atoms with Crippen molar-refractivity contribution in [2.24, 2.45) is 39.6 Å². The molecule has 3 aromatic carbocycles. The fourth-order valence-corrected chi connectivity index (χ4v) is 15.4. The number of primary amides is 2. The molecular formula is C70H95Cl2N19O16S2. The first kappa shape index (κ1) is 86.3. The molecule has 3 heterocycles. The van der Waals surface area contributed by atoms with Gasteiger partial charge in [0.05, 0.1) is 16.6 Å². The van der Waals surface area contributed by atoms with E-state index in [1.165, 1.54) is 35.2 Å². The van der Waals surface area contributed by atoms with Crippen LogP contribution in [0.15, 0.2) is 77.9 Å². The minimum Gasteiger partial charge on any atom is -0.508 e. The van der Waals surface area contributed by atoms with Crippen molar-refractivity contribution in [2.45, 2.75) is 163 Å². The van der Waals surface area contributed by atoms with E-state index in [1.807, 2.05) is 0 Å². The Morgan fingerprint density at radius 3 is 1.95 bits per heavy atom. The lowest BCUT2D eigenvalue weighted by molar-refractivity contribution is -0.139. The summed E-state index contributed by atoms with van der Waals surface area (Å²) in [5, 5.41) is 50.4. The maximum atomic E-state index is 15.4. The number of carbonyl (C=O) groups is 14. The van der Waals surface area contributed by atoms with E-state index in [9.17, 15) is 58.2 Å². The Hall–Kier alpha value is -9.95. The minimum absolute atomic E-state index is 0.0110. The molecular weight excluding hydrogens is 1500 g/mol. The third kappa shape index (κ3) is 27.6. The molecule has 3 aliphatic rings. The molecule has 2 saturated heterocycles. The van der Waals surface area contributed by atoms with E-state index in [-0.39, 0.29) is 78.9 Å². The van der Waals surface area contributed by atoms with Gasteiger partial charge in [-0.1, -0.05) is 100 Å². The predicted octanol–water partition coefficient (Wildman–Crippen LogP) is -2.13. The molecule has 3 fully saturated rings.